The second kappa shape index (κ2) is 7.53. The zero-order chi connectivity index (χ0) is 19.2. The van der Waals surface area contributed by atoms with Crippen LogP contribution in [0.5, 0.6) is 0 Å². The van der Waals surface area contributed by atoms with E-state index >= 15 is 0 Å². The van der Waals surface area contributed by atoms with E-state index in [4.69, 9.17) is 14.2 Å². The van der Waals surface area contributed by atoms with E-state index in [9.17, 15) is 30.6 Å². The highest BCUT2D eigenvalue weighted by Gasteiger charge is 2.48. The summed E-state index contributed by atoms with van der Waals surface area (Å²) in [7, 11) is 0. The van der Waals surface area contributed by atoms with Gasteiger partial charge in [-0.3, -0.25) is 0 Å². The van der Waals surface area contributed by atoms with Crippen molar-refractivity contribution in [3.05, 3.63) is 24.0 Å². The number of ether oxygens (including phenoxy) is 3. The van der Waals surface area contributed by atoms with Crippen LogP contribution >= 0.6 is 0 Å². The molecule has 3 rings (SSSR count). The second-order valence-corrected chi connectivity index (χ2v) is 7.05. The van der Waals surface area contributed by atoms with Crippen LogP contribution in [0.25, 0.3) is 0 Å². The van der Waals surface area contributed by atoms with Crippen molar-refractivity contribution in [3.63, 3.8) is 0 Å². The Morgan fingerprint density at radius 1 is 0.731 bits per heavy atom. The first kappa shape index (κ1) is 19.7. The van der Waals surface area contributed by atoms with E-state index in [2.05, 4.69) is 0 Å². The van der Waals surface area contributed by atoms with Crippen LogP contribution in [0.3, 0.4) is 0 Å². The van der Waals surface area contributed by atoms with E-state index < -0.39 is 67.1 Å². The fraction of sp³-hybridized carbons (Fsp3) is 0.765. The van der Waals surface area contributed by atoms with Gasteiger partial charge in [0.1, 0.15) is 60.7 Å². The Balaban J connectivity index is 1.74. The van der Waals surface area contributed by atoms with Crippen LogP contribution in [0.15, 0.2) is 24.0 Å². The molecule has 3 aliphatic heterocycles. The average molecular weight is 374 g/mol. The predicted molar refractivity (Wildman–Crippen MR) is 86.8 cm³/mol. The van der Waals surface area contributed by atoms with Gasteiger partial charge in [0.25, 0.3) is 0 Å². The van der Waals surface area contributed by atoms with Crippen LogP contribution in [0.2, 0.25) is 0 Å². The maximum atomic E-state index is 10.2. The van der Waals surface area contributed by atoms with Crippen molar-refractivity contribution < 1.29 is 44.8 Å². The lowest BCUT2D eigenvalue weighted by atomic mass is 9.91. The fourth-order valence-corrected chi connectivity index (χ4v) is 3.48. The van der Waals surface area contributed by atoms with Gasteiger partial charge in [-0.2, -0.15) is 0 Å². The zero-order valence-electron chi connectivity index (χ0n) is 14.5. The summed E-state index contributed by atoms with van der Waals surface area (Å²) < 4.78 is 16.9. The Morgan fingerprint density at radius 3 is 1.96 bits per heavy atom. The maximum absolute atomic E-state index is 10.2. The van der Waals surface area contributed by atoms with Crippen LogP contribution in [-0.2, 0) is 14.2 Å². The minimum absolute atomic E-state index is 0.201. The van der Waals surface area contributed by atoms with Gasteiger partial charge in [0.15, 0.2) is 0 Å². The lowest BCUT2D eigenvalue weighted by molar-refractivity contribution is -0.243. The Bertz CT molecular complexity index is 564. The van der Waals surface area contributed by atoms with E-state index in [1.165, 1.54) is 0 Å². The van der Waals surface area contributed by atoms with Gasteiger partial charge in [-0.15, -0.1) is 0 Å². The number of hydrogen-bond acceptors (Lipinski definition) is 9. The molecule has 9 nitrogen and oxygen atoms in total. The third kappa shape index (κ3) is 3.41. The van der Waals surface area contributed by atoms with Crippen molar-refractivity contribution in [3.8, 4) is 0 Å². The van der Waals surface area contributed by atoms with Gasteiger partial charge in [0, 0.05) is 0 Å². The number of aliphatic hydroxyl groups excluding tert-OH is 6. The normalized spacial score (nSPS) is 52.3. The first-order chi connectivity index (χ1) is 12.2. The van der Waals surface area contributed by atoms with Crippen LogP contribution in [-0.4, -0.2) is 97.8 Å². The molecule has 0 saturated carbocycles. The molecule has 11 atom stereocenters. The Hall–Kier alpha value is -1.04. The Kier molecular flexibility index (Phi) is 5.71. The van der Waals surface area contributed by atoms with Gasteiger partial charge < -0.3 is 44.8 Å². The van der Waals surface area contributed by atoms with Crippen molar-refractivity contribution in [2.75, 3.05) is 0 Å². The highest BCUT2D eigenvalue weighted by molar-refractivity contribution is 5.22. The van der Waals surface area contributed by atoms with E-state index in [1.807, 2.05) is 0 Å². The molecule has 9 heteroatoms. The quantitative estimate of drug-likeness (QED) is 0.310. The van der Waals surface area contributed by atoms with Gasteiger partial charge >= 0.3 is 0 Å². The second-order valence-electron chi connectivity index (χ2n) is 7.05. The van der Waals surface area contributed by atoms with Gasteiger partial charge in [0.2, 0.25) is 0 Å². The lowest BCUT2D eigenvalue weighted by Crippen LogP contribution is -2.61. The van der Waals surface area contributed by atoms with Gasteiger partial charge in [0.05, 0.1) is 12.2 Å². The number of rotatable bonds is 2. The minimum atomic E-state index is -1.40. The lowest BCUT2D eigenvalue weighted by Gasteiger charge is -2.44. The molecule has 3 aliphatic rings. The zero-order valence-corrected chi connectivity index (χ0v) is 14.5. The van der Waals surface area contributed by atoms with Crippen molar-refractivity contribution in [1.82, 2.24) is 0 Å². The molecule has 0 aromatic carbocycles. The van der Waals surface area contributed by atoms with Gasteiger partial charge in [-0.1, -0.05) is 6.08 Å². The van der Waals surface area contributed by atoms with Crippen LogP contribution in [0, 0.1) is 0 Å². The average Bonchev–Trinajstić information content (AvgIpc) is 2.64. The molecule has 2 fully saturated rings. The molecule has 0 spiro atoms. The molecule has 0 aromatic heterocycles. The summed E-state index contributed by atoms with van der Waals surface area (Å²) in [4.78, 5) is 0. The molecule has 26 heavy (non-hydrogen) atoms. The van der Waals surface area contributed by atoms with E-state index in [0.717, 1.165) is 0 Å². The summed E-state index contributed by atoms with van der Waals surface area (Å²) in [5, 5.41) is 60.0. The highest BCUT2D eigenvalue weighted by atomic mass is 16.6. The maximum Gasteiger partial charge on any atom is 0.146 e. The molecule has 2 saturated heterocycles. The largest absolute Gasteiger partial charge is 0.485 e. The summed E-state index contributed by atoms with van der Waals surface area (Å²) in [5.41, 5.74) is 0. The Labute approximate surface area is 150 Å². The topological polar surface area (TPSA) is 149 Å². The summed E-state index contributed by atoms with van der Waals surface area (Å²) in [6.07, 6.45) is -7.41. The van der Waals surface area contributed by atoms with Crippen molar-refractivity contribution in [2.45, 2.75) is 81.0 Å². The fourth-order valence-electron chi connectivity index (χ4n) is 3.48. The van der Waals surface area contributed by atoms with Crippen molar-refractivity contribution in [2.24, 2.45) is 0 Å². The van der Waals surface area contributed by atoms with Crippen LogP contribution < -0.4 is 0 Å². The smallest absolute Gasteiger partial charge is 0.146 e. The monoisotopic (exact) mass is 374 g/mol. The SMILES string of the molecule is C[C@@H]1OC(C2=CC=CC(C3O[C@@H](C)[C@H](O)[C@@H](O)[C@H]3O)O2)[C@H](O)[C@H](O)[C@H]1O. The Morgan fingerprint density at radius 2 is 1.31 bits per heavy atom. The van der Waals surface area contributed by atoms with Gasteiger partial charge in [-0.05, 0) is 26.0 Å². The molecule has 0 aromatic rings. The van der Waals surface area contributed by atoms with E-state index in [1.54, 1.807) is 32.1 Å². The predicted octanol–water partition coefficient (Wildman–Crippen LogP) is -2.43. The molecular formula is C17H26O9. The molecule has 148 valence electrons. The molecule has 0 radical (unpaired) electrons. The molecular weight excluding hydrogens is 348 g/mol. The highest BCUT2D eigenvalue weighted by Crippen LogP contribution is 2.32. The molecule has 0 amide bonds. The summed E-state index contributed by atoms with van der Waals surface area (Å²) >= 11 is 0. The molecule has 0 bridgehead atoms. The standard InChI is InChI=1S/C17H26O9/c1-6-10(18)12(20)14(22)16(24-6)8-4-3-5-9(26-8)17-15(23)13(21)11(19)7(2)25-17/h3-8,10-23H,1-2H3/t6-,7-,8?,10-,11-,12+,13+,14+,15+,16?,17?/m0/s1. The first-order valence-corrected chi connectivity index (χ1v) is 8.66. The third-order valence-corrected chi connectivity index (χ3v) is 5.18. The van der Waals surface area contributed by atoms with Crippen molar-refractivity contribution in [1.29, 1.82) is 0 Å². The van der Waals surface area contributed by atoms with Crippen molar-refractivity contribution >= 4 is 0 Å². The number of allylic oxidation sites excluding steroid dienone is 2. The molecule has 6 N–H and O–H groups in total. The molecule has 0 aliphatic carbocycles. The summed E-state index contributed by atoms with van der Waals surface area (Å²) in [6.45, 7) is 3.14. The number of aliphatic hydroxyl groups is 6. The first-order valence-electron chi connectivity index (χ1n) is 8.66. The molecule has 3 heterocycles. The minimum Gasteiger partial charge on any atom is -0.485 e. The van der Waals surface area contributed by atoms with E-state index in [0.29, 0.717) is 0 Å². The molecule has 3 unspecified atom stereocenters. The van der Waals surface area contributed by atoms with Crippen LogP contribution in [0.1, 0.15) is 13.8 Å². The number of hydrogen-bond donors (Lipinski definition) is 6. The third-order valence-electron chi connectivity index (χ3n) is 5.18. The summed E-state index contributed by atoms with van der Waals surface area (Å²) in [6, 6.07) is 0. The van der Waals surface area contributed by atoms with Crippen LogP contribution in [0.4, 0.5) is 0 Å². The summed E-state index contributed by atoms with van der Waals surface area (Å²) in [5.74, 6) is 0.201. The van der Waals surface area contributed by atoms with E-state index in [-0.39, 0.29) is 5.76 Å². The van der Waals surface area contributed by atoms with Gasteiger partial charge in [-0.25, -0.2) is 0 Å².